The molecule has 0 atom stereocenters. The third-order valence-electron chi connectivity index (χ3n) is 3.86. The molecular formula is C18H18N4O4. The number of aromatic nitrogens is 2. The van der Waals surface area contributed by atoms with Gasteiger partial charge in [-0.1, -0.05) is 0 Å². The number of aromatic hydroxyl groups is 1. The third kappa shape index (κ3) is 3.30. The van der Waals surface area contributed by atoms with Crippen LogP contribution in [-0.2, 0) is 7.05 Å². The molecule has 0 saturated carbocycles. The summed E-state index contributed by atoms with van der Waals surface area (Å²) in [5.41, 5.74) is 1.77. The summed E-state index contributed by atoms with van der Waals surface area (Å²) in [5, 5.41) is 10.4. The molecule has 0 amide bonds. The zero-order chi connectivity index (χ0) is 18.7. The van der Waals surface area contributed by atoms with E-state index in [9.17, 15) is 9.90 Å². The summed E-state index contributed by atoms with van der Waals surface area (Å²) in [6.07, 6.45) is 8.25. The Kier molecular flexibility index (Phi) is 4.74. The average molecular weight is 354 g/mol. The van der Waals surface area contributed by atoms with E-state index < -0.39 is 0 Å². The van der Waals surface area contributed by atoms with Crippen LogP contribution < -0.4 is 25.9 Å². The first-order chi connectivity index (χ1) is 12.5. The van der Waals surface area contributed by atoms with E-state index in [1.54, 1.807) is 43.6 Å². The molecule has 1 aromatic carbocycles. The van der Waals surface area contributed by atoms with E-state index in [4.69, 9.17) is 9.47 Å². The van der Waals surface area contributed by atoms with Gasteiger partial charge in [0.25, 0.3) is 5.56 Å². The topological polar surface area (TPSA) is 101 Å². The van der Waals surface area contributed by atoms with E-state index in [0.717, 1.165) is 0 Å². The van der Waals surface area contributed by atoms with Gasteiger partial charge < -0.3 is 19.6 Å². The fourth-order valence-corrected chi connectivity index (χ4v) is 2.47. The summed E-state index contributed by atoms with van der Waals surface area (Å²) in [7, 11) is 4.56. The molecule has 2 heterocycles. The first kappa shape index (κ1) is 17.3. The van der Waals surface area contributed by atoms with Crippen molar-refractivity contribution in [2.24, 2.45) is 17.0 Å². The minimum Gasteiger partial charge on any atom is -0.502 e. The zero-order valence-electron chi connectivity index (χ0n) is 14.6. The number of ether oxygens (including phenoxy) is 2. The third-order valence-corrected chi connectivity index (χ3v) is 3.86. The molecule has 2 N–H and O–H groups in total. The van der Waals surface area contributed by atoms with Crippen molar-refractivity contribution in [1.29, 1.82) is 0 Å². The van der Waals surface area contributed by atoms with Crippen LogP contribution in [0, 0.1) is 0 Å². The molecule has 0 radical (unpaired) electrons. The van der Waals surface area contributed by atoms with Crippen LogP contribution in [0.5, 0.6) is 17.2 Å². The van der Waals surface area contributed by atoms with Crippen LogP contribution >= 0.6 is 0 Å². The lowest BCUT2D eigenvalue weighted by Gasteiger charge is -2.09. The van der Waals surface area contributed by atoms with Gasteiger partial charge in [0.2, 0.25) is 5.75 Å². The normalized spacial score (nSPS) is 16.0. The summed E-state index contributed by atoms with van der Waals surface area (Å²) < 4.78 is 11.8. The number of hydrogen-bond acceptors (Lipinski definition) is 6. The van der Waals surface area contributed by atoms with Gasteiger partial charge in [0, 0.05) is 7.05 Å². The molecule has 26 heavy (non-hydrogen) atoms. The van der Waals surface area contributed by atoms with Gasteiger partial charge in [0.1, 0.15) is 17.2 Å². The summed E-state index contributed by atoms with van der Waals surface area (Å²) in [5.74, 6) is 0.425. The Hall–Kier alpha value is -3.55. The summed E-state index contributed by atoms with van der Waals surface area (Å²) in [6.45, 7) is 0. The highest BCUT2D eigenvalue weighted by atomic mass is 16.5. The van der Waals surface area contributed by atoms with E-state index >= 15 is 0 Å². The highest BCUT2D eigenvalue weighted by Gasteiger charge is 2.10. The maximum Gasteiger partial charge on any atom is 0.275 e. The monoisotopic (exact) mass is 354 g/mol. The van der Waals surface area contributed by atoms with E-state index in [0.29, 0.717) is 22.1 Å². The molecule has 1 aliphatic rings. The Bertz CT molecular complexity index is 1060. The largest absolute Gasteiger partial charge is 0.502 e. The van der Waals surface area contributed by atoms with E-state index in [1.807, 2.05) is 0 Å². The van der Waals surface area contributed by atoms with Crippen LogP contribution in [0.3, 0.4) is 0 Å². The van der Waals surface area contributed by atoms with E-state index in [-0.39, 0.29) is 22.8 Å². The number of rotatable bonds is 4. The Morgan fingerprint density at radius 1 is 1.19 bits per heavy atom. The number of nitrogens with zero attached hydrogens (tertiary/aromatic N) is 3. The van der Waals surface area contributed by atoms with E-state index in [1.165, 1.54) is 25.1 Å². The number of methoxy groups -OCH3 is 2. The number of benzene rings is 1. The predicted octanol–water partition coefficient (Wildman–Crippen LogP) is 0.0421. The van der Waals surface area contributed by atoms with Gasteiger partial charge >= 0.3 is 0 Å². The Morgan fingerprint density at radius 3 is 2.46 bits per heavy atom. The van der Waals surface area contributed by atoms with Crippen LogP contribution in [0.1, 0.15) is 5.56 Å². The second kappa shape index (κ2) is 7.14. The Labute approximate surface area is 148 Å². The highest BCUT2D eigenvalue weighted by Crippen LogP contribution is 2.37. The first-order valence-corrected chi connectivity index (χ1v) is 7.73. The average Bonchev–Trinajstić information content (AvgIpc) is 3.25. The molecule has 0 aliphatic carbocycles. The van der Waals surface area contributed by atoms with Crippen molar-refractivity contribution in [3.63, 3.8) is 0 Å². The van der Waals surface area contributed by atoms with Crippen LogP contribution in [0.15, 0.2) is 38.7 Å². The molecule has 134 valence electrons. The van der Waals surface area contributed by atoms with Crippen molar-refractivity contribution in [3.8, 4) is 17.2 Å². The van der Waals surface area contributed by atoms with Crippen molar-refractivity contribution in [1.82, 2.24) is 9.55 Å². The lowest BCUT2D eigenvalue weighted by molar-refractivity contribution is 0.340. The molecule has 0 saturated heterocycles. The van der Waals surface area contributed by atoms with Gasteiger partial charge in [-0.15, -0.1) is 0 Å². The maximum atomic E-state index is 12.5. The maximum absolute atomic E-state index is 12.5. The first-order valence-electron chi connectivity index (χ1n) is 7.73. The lowest BCUT2D eigenvalue weighted by Crippen LogP contribution is -2.28. The highest BCUT2D eigenvalue weighted by molar-refractivity contribution is 5.92. The quantitative estimate of drug-likeness (QED) is 0.810. The SMILES string of the molecule is COc1cc(/C=c2\[nH]c(=CC=C3C=NC=N3)n(C)c2=O)cc(OC)c1O. The zero-order valence-corrected chi connectivity index (χ0v) is 14.6. The number of aromatic amines is 1. The van der Waals surface area contributed by atoms with Crippen molar-refractivity contribution in [2.45, 2.75) is 0 Å². The number of allylic oxidation sites excluding steroid dienone is 2. The van der Waals surface area contributed by atoms with Crippen LogP contribution in [-0.4, -0.2) is 41.4 Å². The number of H-pyrrole nitrogens is 1. The number of aliphatic imine (C=N–C) groups is 2. The lowest BCUT2D eigenvalue weighted by atomic mass is 10.1. The smallest absolute Gasteiger partial charge is 0.275 e. The number of phenolic OH excluding ortho intramolecular Hbond substituents is 1. The molecule has 0 unspecified atom stereocenters. The fourth-order valence-electron chi connectivity index (χ4n) is 2.47. The minimum absolute atomic E-state index is 0.0917. The molecule has 2 aromatic rings. The van der Waals surface area contributed by atoms with Gasteiger partial charge in [-0.05, 0) is 35.9 Å². The van der Waals surface area contributed by atoms with Gasteiger partial charge in [-0.25, -0.2) is 9.98 Å². The second-order valence-corrected chi connectivity index (χ2v) is 5.49. The van der Waals surface area contributed by atoms with Crippen molar-refractivity contribution >= 4 is 24.7 Å². The fraction of sp³-hybridized carbons (Fsp3) is 0.167. The Morgan fingerprint density at radius 2 is 1.88 bits per heavy atom. The van der Waals surface area contributed by atoms with Gasteiger partial charge in [-0.3, -0.25) is 9.36 Å². The summed E-state index contributed by atoms with van der Waals surface area (Å²) in [4.78, 5) is 23.5. The minimum atomic E-state index is -0.191. The van der Waals surface area contributed by atoms with Crippen molar-refractivity contribution in [3.05, 3.63) is 50.7 Å². The standard InChI is InChI=1S/C18H18N4O4/c1-22-16(5-4-12-9-19-10-20-12)21-13(18(22)24)6-11-7-14(25-2)17(23)15(8-11)26-3/h4-10,21,23H,1-3H3/b12-4?,13-6-,16-5?. The predicted molar refractivity (Wildman–Crippen MR) is 99.6 cm³/mol. The van der Waals surface area contributed by atoms with Gasteiger partial charge in [0.05, 0.1) is 26.1 Å². The second-order valence-electron chi connectivity index (χ2n) is 5.49. The van der Waals surface area contributed by atoms with E-state index in [2.05, 4.69) is 15.0 Å². The molecule has 1 aromatic heterocycles. The molecule has 0 fully saturated rings. The van der Waals surface area contributed by atoms with Crippen molar-refractivity contribution in [2.75, 3.05) is 14.2 Å². The van der Waals surface area contributed by atoms with Crippen molar-refractivity contribution < 1.29 is 14.6 Å². The molecule has 8 nitrogen and oxygen atoms in total. The molecule has 0 bridgehead atoms. The molecular weight excluding hydrogens is 336 g/mol. The Balaban J connectivity index is 2.11. The summed E-state index contributed by atoms with van der Waals surface area (Å²) in [6, 6.07) is 3.24. The van der Waals surface area contributed by atoms with Crippen LogP contribution in [0.2, 0.25) is 0 Å². The molecule has 0 spiro atoms. The summed E-state index contributed by atoms with van der Waals surface area (Å²) >= 11 is 0. The van der Waals surface area contributed by atoms with Crippen LogP contribution in [0.25, 0.3) is 12.2 Å². The number of imidazole rings is 1. The van der Waals surface area contributed by atoms with Gasteiger partial charge in [0.15, 0.2) is 11.5 Å². The molecule has 8 heteroatoms. The number of hydrogen-bond donors (Lipinski definition) is 2. The molecule has 1 aliphatic heterocycles. The number of nitrogens with one attached hydrogen (secondary N) is 1. The molecule has 3 rings (SSSR count). The van der Waals surface area contributed by atoms with Gasteiger partial charge in [-0.2, -0.15) is 0 Å². The number of phenols is 1. The van der Waals surface area contributed by atoms with Crippen LogP contribution in [0.4, 0.5) is 0 Å².